The van der Waals surface area contributed by atoms with Crippen LogP contribution in [0.3, 0.4) is 0 Å². The van der Waals surface area contributed by atoms with Gasteiger partial charge in [-0.2, -0.15) is 0 Å². The predicted molar refractivity (Wildman–Crippen MR) is 112 cm³/mol. The number of benzene rings is 1. The molecule has 8 heteroatoms. The lowest BCUT2D eigenvalue weighted by molar-refractivity contribution is -0.128. The molecule has 1 aromatic rings. The van der Waals surface area contributed by atoms with E-state index in [9.17, 15) is 17.6 Å². The van der Waals surface area contributed by atoms with Crippen LogP contribution in [0.2, 0.25) is 0 Å². The Morgan fingerprint density at radius 3 is 2.47 bits per heavy atom. The van der Waals surface area contributed by atoms with E-state index in [1.807, 2.05) is 13.8 Å². The normalized spacial score (nSPS) is 30.0. The van der Waals surface area contributed by atoms with Gasteiger partial charge in [-0.05, 0) is 41.9 Å². The first-order chi connectivity index (χ1) is 14.1. The van der Waals surface area contributed by atoms with Crippen LogP contribution in [0.1, 0.15) is 44.7 Å². The summed E-state index contributed by atoms with van der Waals surface area (Å²) >= 11 is 0. The molecule has 2 bridgehead atoms. The van der Waals surface area contributed by atoms with Gasteiger partial charge >= 0.3 is 0 Å². The first kappa shape index (κ1) is 21.9. The number of sulfonamides is 1. The van der Waals surface area contributed by atoms with Crippen molar-refractivity contribution in [3.63, 3.8) is 0 Å². The van der Waals surface area contributed by atoms with Gasteiger partial charge in [0.15, 0.2) is 0 Å². The molecule has 3 fully saturated rings. The number of fused-ring (bicyclic) bond motifs is 2. The zero-order valence-corrected chi connectivity index (χ0v) is 18.5. The molecular weight excluding hydrogens is 407 g/mol. The van der Waals surface area contributed by atoms with Crippen LogP contribution in [0.5, 0.6) is 0 Å². The lowest BCUT2D eigenvalue weighted by Crippen LogP contribution is -2.48. The van der Waals surface area contributed by atoms with E-state index in [1.165, 1.54) is 12.1 Å². The molecule has 2 saturated carbocycles. The summed E-state index contributed by atoms with van der Waals surface area (Å²) in [6.45, 7) is 6.79. The van der Waals surface area contributed by atoms with Crippen LogP contribution < -0.4 is 4.72 Å². The van der Waals surface area contributed by atoms with Gasteiger partial charge in [0.05, 0.1) is 19.0 Å². The minimum absolute atomic E-state index is 0.0948. The fourth-order valence-electron chi connectivity index (χ4n) is 5.72. The number of ether oxygens (including phenoxy) is 1. The Labute approximate surface area is 178 Å². The summed E-state index contributed by atoms with van der Waals surface area (Å²) in [6, 6.07) is 5.98. The van der Waals surface area contributed by atoms with Gasteiger partial charge in [-0.15, -0.1) is 0 Å². The number of Topliss-reactive ketones (excluding diaryl/α,β-unsaturated/α-hetero) is 1. The number of rotatable bonds is 7. The topological polar surface area (TPSA) is 75.7 Å². The molecule has 2 aliphatic carbocycles. The molecule has 6 nitrogen and oxygen atoms in total. The number of nitrogens with zero attached hydrogens (tertiary/aromatic N) is 1. The van der Waals surface area contributed by atoms with Gasteiger partial charge in [0.1, 0.15) is 11.6 Å². The number of hydrogen-bond donors (Lipinski definition) is 1. The quantitative estimate of drug-likeness (QED) is 0.708. The van der Waals surface area contributed by atoms with Crippen LogP contribution in [-0.4, -0.2) is 57.7 Å². The van der Waals surface area contributed by atoms with Gasteiger partial charge in [-0.3, -0.25) is 9.69 Å². The van der Waals surface area contributed by atoms with E-state index in [0.717, 1.165) is 12.0 Å². The summed E-state index contributed by atoms with van der Waals surface area (Å²) in [4.78, 5) is 14.9. The minimum atomic E-state index is -3.67. The van der Waals surface area contributed by atoms with Crippen LogP contribution >= 0.6 is 0 Å². The third-order valence-corrected chi connectivity index (χ3v) is 9.29. The molecule has 1 aromatic carbocycles. The molecule has 1 saturated heterocycles. The Balaban J connectivity index is 1.51. The number of carbonyl (C=O) groups excluding carboxylic acids is 1. The number of carbonyl (C=O) groups is 1. The highest BCUT2D eigenvalue weighted by molar-refractivity contribution is 7.89. The van der Waals surface area contributed by atoms with Crippen LogP contribution in [0.4, 0.5) is 4.39 Å². The standard InChI is InChI=1S/C22H31FN2O4S/c1-21(2)17-7-8-22(21,20(26)13-17)15-30(27,28)24-14-19(25-9-11-29-12-10-25)16-3-5-18(23)6-4-16/h3-6,17,19,24H,7-15H2,1-2H3. The summed E-state index contributed by atoms with van der Waals surface area (Å²) < 4.78 is 47.8. The smallest absolute Gasteiger partial charge is 0.212 e. The molecule has 3 atom stereocenters. The van der Waals surface area contributed by atoms with Crippen molar-refractivity contribution < 1.29 is 22.3 Å². The zero-order valence-electron chi connectivity index (χ0n) is 17.7. The van der Waals surface area contributed by atoms with E-state index >= 15 is 0 Å². The van der Waals surface area contributed by atoms with E-state index in [4.69, 9.17) is 4.74 Å². The van der Waals surface area contributed by atoms with Crippen molar-refractivity contribution in [2.45, 2.75) is 39.2 Å². The van der Waals surface area contributed by atoms with Crippen LogP contribution in [0, 0.1) is 22.6 Å². The van der Waals surface area contributed by atoms with Gasteiger partial charge in [0, 0.05) is 37.5 Å². The summed E-state index contributed by atoms with van der Waals surface area (Å²) in [7, 11) is -3.67. The van der Waals surface area contributed by atoms with Crippen molar-refractivity contribution in [2.75, 3.05) is 38.6 Å². The monoisotopic (exact) mass is 438 g/mol. The molecule has 0 spiro atoms. The largest absolute Gasteiger partial charge is 0.379 e. The second-order valence-electron chi connectivity index (χ2n) is 9.49. The maximum Gasteiger partial charge on any atom is 0.212 e. The first-order valence-corrected chi connectivity index (χ1v) is 12.4. The van der Waals surface area contributed by atoms with Crippen LogP contribution in [0.15, 0.2) is 24.3 Å². The Hall–Kier alpha value is -1.35. The second kappa shape index (κ2) is 7.97. The average molecular weight is 439 g/mol. The highest BCUT2D eigenvalue weighted by atomic mass is 32.2. The van der Waals surface area contributed by atoms with Crippen molar-refractivity contribution in [1.29, 1.82) is 0 Å². The molecule has 1 heterocycles. The van der Waals surface area contributed by atoms with Gasteiger partial charge in [0.25, 0.3) is 0 Å². The summed E-state index contributed by atoms with van der Waals surface area (Å²) in [5, 5.41) is 0. The summed E-state index contributed by atoms with van der Waals surface area (Å²) in [5.74, 6) is -0.100. The average Bonchev–Trinajstić information content (AvgIpc) is 3.04. The number of hydrogen-bond acceptors (Lipinski definition) is 5. The summed E-state index contributed by atoms with van der Waals surface area (Å²) in [6.07, 6.45) is 2.06. The predicted octanol–water partition coefficient (Wildman–Crippen LogP) is 2.51. The first-order valence-electron chi connectivity index (χ1n) is 10.7. The zero-order chi connectivity index (χ0) is 21.6. The van der Waals surface area contributed by atoms with Crippen molar-refractivity contribution in [3.05, 3.63) is 35.6 Å². The Bertz CT molecular complexity index is 896. The number of ketones is 1. The fourth-order valence-corrected chi connectivity index (χ4v) is 7.56. The Morgan fingerprint density at radius 2 is 1.90 bits per heavy atom. The SMILES string of the molecule is CC1(C)C2CCC1(CS(=O)(=O)NCC(c1ccc(F)cc1)N1CCOCC1)C(=O)C2. The molecule has 1 aliphatic heterocycles. The van der Waals surface area contributed by atoms with Crippen molar-refractivity contribution >= 4 is 15.8 Å². The third kappa shape index (κ3) is 3.83. The highest BCUT2D eigenvalue weighted by Crippen LogP contribution is 2.64. The molecule has 1 N–H and O–H groups in total. The van der Waals surface area contributed by atoms with Crippen LogP contribution in [0.25, 0.3) is 0 Å². The molecule has 166 valence electrons. The van der Waals surface area contributed by atoms with Crippen molar-refractivity contribution in [3.8, 4) is 0 Å². The third-order valence-electron chi connectivity index (χ3n) is 7.81. The van der Waals surface area contributed by atoms with Gasteiger partial charge in [-0.1, -0.05) is 26.0 Å². The van der Waals surface area contributed by atoms with E-state index in [0.29, 0.717) is 39.1 Å². The lowest BCUT2D eigenvalue weighted by atomic mass is 9.70. The van der Waals surface area contributed by atoms with Crippen LogP contribution in [-0.2, 0) is 19.6 Å². The van der Waals surface area contributed by atoms with E-state index in [2.05, 4.69) is 9.62 Å². The van der Waals surface area contributed by atoms with Gasteiger partial charge in [0.2, 0.25) is 10.0 Å². The van der Waals surface area contributed by atoms with Gasteiger partial charge in [-0.25, -0.2) is 17.5 Å². The maximum absolute atomic E-state index is 13.4. The number of nitrogens with one attached hydrogen (secondary N) is 1. The molecule has 0 amide bonds. The van der Waals surface area contributed by atoms with Gasteiger partial charge < -0.3 is 4.74 Å². The summed E-state index contributed by atoms with van der Waals surface area (Å²) in [5.41, 5.74) is -0.217. The van der Waals surface area contributed by atoms with E-state index < -0.39 is 15.4 Å². The Morgan fingerprint density at radius 1 is 1.23 bits per heavy atom. The highest BCUT2D eigenvalue weighted by Gasteiger charge is 2.65. The molecule has 3 aliphatic rings. The maximum atomic E-state index is 13.4. The molecule has 0 radical (unpaired) electrons. The van der Waals surface area contributed by atoms with E-state index in [-0.39, 0.29) is 41.3 Å². The molecule has 30 heavy (non-hydrogen) atoms. The fraction of sp³-hybridized carbons (Fsp3) is 0.682. The molecule has 0 aromatic heterocycles. The van der Waals surface area contributed by atoms with Crippen molar-refractivity contribution in [2.24, 2.45) is 16.7 Å². The lowest BCUT2D eigenvalue weighted by Gasteiger charge is -2.37. The molecule has 4 rings (SSSR count). The molecule has 3 unspecified atom stereocenters. The number of halogens is 1. The van der Waals surface area contributed by atoms with Crippen molar-refractivity contribution in [1.82, 2.24) is 9.62 Å². The Kier molecular flexibility index (Phi) is 5.81. The minimum Gasteiger partial charge on any atom is -0.379 e. The molecular formula is C22H31FN2O4S. The number of morpholine rings is 1. The van der Waals surface area contributed by atoms with E-state index in [1.54, 1.807) is 12.1 Å². The second-order valence-corrected chi connectivity index (χ2v) is 11.3.